The van der Waals surface area contributed by atoms with Crippen LogP contribution >= 0.6 is 23.4 Å². The van der Waals surface area contributed by atoms with E-state index < -0.39 is 16.7 Å². The third kappa shape index (κ3) is 4.71. The number of hydrogen-bond donors (Lipinski definition) is 2. The van der Waals surface area contributed by atoms with Crippen molar-refractivity contribution < 1.29 is 14.5 Å². The van der Waals surface area contributed by atoms with Crippen LogP contribution in [0.1, 0.15) is 10.4 Å². The number of carbonyl (C=O) groups excluding carboxylic acids is 2. The molecule has 7 nitrogen and oxygen atoms in total. The van der Waals surface area contributed by atoms with E-state index >= 15 is 0 Å². The fraction of sp³-hybridized carbons (Fsp3) is 0.0667. The Hall–Kier alpha value is -2.58. The average Bonchev–Trinajstić information content (AvgIpc) is 2.54. The van der Waals surface area contributed by atoms with E-state index in [1.54, 1.807) is 24.3 Å². The van der Waals surface area contributed by atoms with Gasteiger partial charge in [0.15, 0.2) is 0 Å². The summed E-state index contributed by atoms with van der Waals surface area (Å²) < 4.78 is 0. The van der Waals surface area contributed by atoms with E-state index in [-0.39, 0.29) is 17.8 Å². The number of halogens is 1. The number of nitro groups is 1. The van der Waals surface area contributed by atoms with Crippen molar-refractivity contribution in [1.82, 2.24) is 5.32 Å². The second kappa shape index (κ2) is 7.80. The molecule has 3 N–H and O–H groups in total. The van der Waals surface area contributed by atoms with Crippen LogP contribution < -0.4 is 11.1 Å². The maximum atomic E-state index is 12.2. The lowest BCUT2D eigenvalue weighted by Crippen LogP contribution is -2.33. The van der Waals surface area contributed by atoms with Gasteiger partial charge in [0.25, 0.3) is 11.6 Å². The Labute approximate surface area is 146 Å². The third-order valence-corrected chi connectivity index (χ3v) is 4.22. The summed E-state index contributed by atoms with van der Waals surface area (Å²) in [5.74, 6) is -1.32. The van der Waals surface area contributed by atoms with Crippen LogP contribution in [0, 0.1) is 10.1 Å². The molecule has 0 fully saturated rings. The molecule has 2 rings (SSSR count). The molecule has 0 aromatic heterocycles. The summed E-state index contributed by atoms with van der Waals surface area (Å²) in [6, 6.07) is 10.9. The third-order valence-electron chi connectivity index (χ3n) is 2.88. The highest BCUT2D eigenvalue weighted by atomic mass is 35.5. The number of non-ortho nitro benzene ring substituents is 1. The van der Waals surface area contributed by atoms with Gasteiger partial charge in [-0.3, -0.25) is 19.7 Å². The molecule has 0 saturated heterocycles. The molecule has 0 aliphatic carbocycles. The second-order valence-corrected chi connectivity index (χ2v) is 6.19. The van der Waals surface area contributed by atoms with Crippen molar-refractivity contribution >= 4 is 40.9 Å². The number of benzene rings is 2. The highest BCUT2D eigenvalue weighted by Gasteiger charge is 2.18. The highest BCUT2D eigenvalue weighted by molar-refractivity contribution is 7.99. The molecule has 0 radical (unpaired) electrons. The normalized spacial score (nSPS) is 10.2. The molecular weight excluding hydrogens is 354 g/mol. The summed E-state index contributed by atoms with van der Waals surface area (Å²) >= 11 is 7.08. The lowest BCUT2D eigenvalue weighted by molar-refractivity contribution is -0.384. The Kier molecular flexibility index (Phi) is 5.78. The van der Waals surface area contributed by atoms with Crippen LogP contribution in [0.3, 0.4) is 0 Å². The Balaban J connectivity index is 2.34. The van der Waals surface area contributed by atoms with Crippen LogP contribution in [0.15, 0.2) is 52.3 Å². The molecule has 9 heteroatoms. The van der Waals surface area contributed by atoms with Crippen LogP contribution in [-0.4, -0.2) is 23.3 Å². The quantitative estimate of drug-likeness (QED) is 0.603. The van der Waals surface area contributed by atoms with Crippen molar-refractivity contribution in [2.45, 2.75) is 9.79 Å². The minimum atomic E-state index is -0.708. The van der Waals surface area contributed by atoms with Gasteiger partial charge in [0.2, 0.25) is 5.91 Å². The lowest BCUT2D eigenvalue weighted by atomic mass is 10.2. The highest BCUT2D eigenvalue weighted by Crippen LogP contribution is 2.33. The molecule has 0 unspecified atom stereocenters. The van der Waals surface area contributed by atoms with Crippen molar-refractivity contribution in [3.8, 4) is 0 Å². The van der Waals surface area contributed by atoms with Gasteiger partial charge in [-0.15, -0.1) is 0 Å². The number of carbonyl (C=O) groups is 2. The van der Waals surface area contributed by atoms with Gasteiger partial charge in [-0.2, -0.15) is 0 Å². The van der Waals surface area contributed by atoms with Gasteiger partial charge in [-0.1, -0.05) is 23.4 Å². The van der Waals surface area contributed by atoms with Crippen molar-refractivity contribution in [3.63, 3.8) is 0 Å². The molecule has 0 heterocycles. The SMILES string of the molecule is NC(=O)CNC(=O)c1cc([N+](=O)[O-])ccc1Sc1ccc(Cl)cc1. The fourth-order valence-electron chi connectivity index (χ4n) is 1.79. The van der Waals surface area contributed by atoms with Gasteiger partial charge >= 0.3 is 0 Å². The van der Waals surface area contributed by atoms with Gasteiger partial charge in [0.05, 0.1) is 17.0 Å². The first-order valence-electron chi connectivity index (χ1n) is 6.65. The molecule has 2 amide bonds. The zero-order valence-corrected chi connectivity index (χ0v) is 13.8. The minimum absolute atomic E-state index is 0.0883. The Morgan fingerprint density at radius 3 is 2.46 bits per heavy atom. The van der Waals surface area contributed by atoms with Crippen LogP contribution in [-0.2, 0) is 4.79 Å². The summed E-state index contributed by atoms with van der Waals surface area (Å²) in [5.41, 5.74) is 4.86. The second-order valence-electron chi connectivity index (χ2n) is 4.64. The van der Waals surface area contributed by atoms with E-state index in [1.807, 2.05) is 0 Å². The molecule has 0 atom stereocenters. The topological polar surface area (TPSA) is 115 Å². The zero-order valence-electron chi connectivity index (χ0n) is 12.2. The monoisotopic (exact) mass is 365 g/mol. The Morgan fingerprint density at radius 1 is 1.21 bits per heavy atom. The van der Waals surface area contributed by atoms with Crippen molar-refractivity contribution in [2.75, 3.05) is 6.54 Å². The molecule has 0 aliphatic rings. The number of primary amides is 1. The number of nitro benzene ring substituents is 1. The molecule has 2 aromatic carbocycles. The molecule has 0 aliphatic heterocycles. The number of hydrogen-bond acceptors (Lipinski definition) is 5. The standard InChI is InChI=1S/C15H12ClN3O4S/c16-9-1-4-11(5-2-9)24-13-6-3-10(19(22)23)7-12(13)15(21)18-8-14(17)20/h1-7H,8H2,(H2,17,20)(H,18,21). The van der Waals surface area contributed by atoms with Gasteiger partial charge in [0, 0.05) is 26.9 Å². The van der Waals surface area contributed by atoms with Gasteiger partial charge in [-0.05, 0) is 30.3 Å². The number of nitrogens with one attached hydrogen (secondary N) is 1. The first-order valence-corrected chi connectivity index (χ1v) is 7.84. The number of nitrogens with two attached hydrogens (primary N) is 1. The van der Waals surface area contributed by atoms with Crippen LogP contribution in [0.25, 0.3) is 0 Å². The van der Waals surface area contributed by atoms with E-state index in [4.69, 9.17) is 17.3 Å². The van der Waals surface area contributed by atoms with Crippen LogP contribution in [0.5, 0.6) is 0 Å². The largest absolute Gasteiger partial charge is 0.368 e. The predicted octanol–water partition coefficient (Wildman–Crippen LogP) is 2.61. The molecule has 2 aromatic rings. The molecule has 0 spiro atoms. The first kappa shape index (κ1) is 17.8. The average molecular weight is 366 g/mol. The first-order chi connectivity index (χ1) is 11.4. The van der Waals surface area contributed by atoms with Crippen LogP contribution in [0.4, 0.5) is 5.69 Å². The Bertz CT molecular complexity index is 796. The maximum absolute atomic E-state index is 12.2. The number of rotatable bonds is 6. The summed E-state index contributed by atoms with van der Waals surface area (Å²) in [5, 5.41) is 13.8. The summed E-state index contributed by atoms with van der Waals surface area (Å²) in [7, 11) is 0. The van der Waals surface area contributed by atoms with E-state index in [9.17, 15) is 19.7 Å². The van der Waals surface area contributed by atoms with Crippen molar-refractivity contribution in [3.05, 3.63) is 63.2 Å². The van der Waals surface area contributed by atoms with E-state index in [0.29, 0.717) is 9.92 Å². The molecule has 0 bridgehead atoms. The fourth-order valence-corrected chi connectivity index (χ4v) is 2.84. The smallest absolute Gasteiger partial charge is 0.270 e. The molecule has 0 saturated carbocycles. The van der Waals surface area contributed by atoms with Crippen LogP contribution in [0.2, 0.25) is 5.02 Å². The number of amides is 2. The van der Waals surface area contributed by atoms with Crippen molar-refractivity contribution in [2.24, 2.45) is 5.73 Å². The summed E-state index contributed by atoms with van der Waals surface area (Å²) in [6.45, 7) is -0.355. The van der Waals surface area contributed by atoms with E-state index in [0.717, 1.165) is 11.0 Å². The molecular formula is C15H12ClN3O4S. The Morgan fingerprint density at radius 2 is 1.88 bits per heavy atom. The summed E-state index contributed by atoms with van der Waals surface area (Å²) in [6.07, 6.45) is 0. The van der Waals surface area contributed by atoms with Crippen molar-refractivity contribution in [1.29, 1.82) is 0 Å². The minimum Gasteiger partial charge on any atom is -0.368 e. The van der Waals surface area contributed by atoms with E-state index in [2.05, 4.69) is 5.32 Å². The lowest BCUT2D eigenvalue weighted by Gasteiger charge is -2.09. The van der Waals surface area contributed by atoms with Gasteiger partial charge in [0.1, 0.15) is 0 Å². The summed E-state index contributed by atoms with van der Waals surface area (Å²) in [4.78, 5) is 34.7. The molecule has 24 heavy (non-hydrogen) atoms. The predicted molar refractivity (Wildman–Crippen MR) is 90.2 cm³/mol. The number of nitrogens with zero attached hydrogens (tertiary/aromatic N) is 1. The molecule has 124 valence electrons. The van der Waals surface area contributed by atoms with E-state index in [1.165, 1.54) is 23.9 Å². The van der Waals surface area contributed by atoms with Gasteiger partial charge < -0.3 is 11.1 Å². The zero-order chi connectivity index (χ0) is 17.7. The van der Waals surface area contributed by atoms with Gasteiger partial charge in [-0.25, -0.2) is 0 Å². The maximum Gasteiger partial charge on any atom is 0.270 e.